The van der Waals surface area contributed by atoms with E-state index in [1.165, 1.54) is 11.3 Å². The maximum Gasteiger partial charge on any atom is 0.243 e. The van der Waals surface area contributed by atoms with E-state index in [1.807, 2.05) is 13.8 Å². The fourth-order valence-corrected chi connectivity index (χ4v) is 2.89. The quantitative estimate of drug-likeness (QED) is 0.790. The zero-order chi connectivity index (χ0) is 15.4. The summed E-state index contributed by atoms with van der Waals surface area (Å²) in [6.45, 7) is 4.02. The van der Waals surface area contributed by atoms with Crippen molar-refractivity contribution in [3.05, 3.63) is 40.4 Å². The van der Waals surface area contributed by atoms with Crippen LogP contribution < -0.4 is 11.1 Å². The van der Waals surface area contributed by atoms with E-state index < -0.39 is 6.04 Å². The van der Waals surface area contributed by atoms with Crippen LogP contribution in [0.25, 0.3) is 0 Å². The first-order chi connectivity index (χ1) is 9.99. The van der Waals surface area contributed by atoms with Gasteiger partial charge in [-0.3, -0.25) is 4.79 Å². The number of phenols is 1. The molecule has 0 saturated heterocycles. The van der Waals surface area contributed by atoms with Crippen LogP contribution in [0.4, 0.5) is 5.13 Å². The second-order valence-corrected chi connectivity index (χ2v) is 6.04. The van der Waals surface area contributed by atoms with Crippen LogP contribution in [0, 0.1) is 6.92 Å². The Balaban J connectivity index is 1.97. The molecule has 1 aromatic carbocycles. The Labute approximate surface area is 127 Å². The lowest BCUT2D eigenvalue weighted by atomic mass is 10.1. The number of nitrogens with two attached hydrogens (primary N) is 1. The van der Waals surface area contributed by atoms with Gasteiger partial charge >= 0.3 is 0 Å². The van der Waals surface area contributed by atoms with E-state index in [1.54, 1.807) is 24.3 Å². The monoisotopic (exact) mass is 305 g/mol. The van der Waals surface area contributed by atoms with Crippen molar-refractivity contribution in [3.8, 4) is 5.75 Å². The average Bonchev–Trinajstić information content (AvgIpc) is 2.81. The van der Waals surface area contributed by atoms with Gasteiger partial charge in [-0.1, -0.05) is 19.1 Å². The SMILES string of the molecule is CCc1nc(NC(=O)C(N)Cc2ccc(O)cc2)sc1C. The first-order valence-corrected chi connectivity index (χ1v) is 7.62. The first-order valence-electron chi connectivity index (χ1n) is 6.80. The maximum atomic E-state index is 12.1. The van der Waals surface area contributed by atoms with Gasteiger partial charge in [-0.15, -0.1) is 11.3 Å². The number of thiazole rings is 1. The van der Waals surface area contributed by atoms with Crippen LogP contribution in [0.5, 0.6) is 5.75 Å². The highest BCUT2D eigenvalue weighted by molar-refractivity contribution is 7.15. The van der Waals surface area contributed by atoms with E-state index in [0.717, 1.165) is 22.6 Å². The number of hydrogen-bond acceptors (Lipinski definition) is 5. The number of aryl methyl sites for hydroxylation is 2. The number of hydrogen-bond donors (Lipinski definition) is 3. The van der Waals surface area contributed by atoms with Crippen molar-refractivity contribution < 1.29 is 9.90 Å². The average molecular weight is 305 g/mol. The molecule has 112 valence electrons. The van der Waals surface area contributed by atoms with Gasteiger partial charge < -0.3 is 16.2 Å². The lowest BCUT2D eigenvalue weighted by molar-refractivity contribution is -0.117. The molecule has 6 heteroatoms. The standard InChI is InChI=1S/C15H19N3O2S/c1-3-13-9(2)21-15(17-13)18-14(20)12(16)8-10-4-6-11(19)7-5-10/h4-7,12,19H,3,8,16H2,1-2H3,(H,17,18,20). The fraction of sp³-hybridized carbons (Fsp3) is 0.333. The summed E-state index contributed by atoms with van der Waals surface area (Å²) in [7, 11) is 0. The number of aromatic hydroxyl groups is 1. The minimum atomic E-state index is -0.649. The Hall–Kier alpha value is -1.92. The molecule has 0 aliphatic carbocycles. The predicted octanol–water partition coefficient (Wildman–Crippen LogP) is 2.23. The van der Waals surface area contributed by atoms with E-state index in [9.17, 15) is 9.90 Å². The first kappa shape index (κ1) is 15.5. The summed E-state index contributed by atoms with van der Waals surface area (Å²) in [6.07, 6.45) is 1.26. The number of anilines is 1. The van der Waals surface area contributed by atoms with Crippen LogP contribution in [0.1, 0.15) is 23.1 Å². The number of rotatable bonds is 5. The summed E-state index contributed by atoms with van der Waals surface area (Å²) in [5, 5.41) is 12.6. The molecule has 0 saturated carbocycles. The van der Waals surface area contributed by atoms with Gasteiger partial charge in [-0.05, 0) is 37.5 Å². The van der Waals surface area contributed by atoms with Gasteiger partial charge in [0, 0.05) is 4.88 Å². The van der Waals surface area contributed by atoms with Gasteiger partial charge in [-0.2, -0.15) is 0 Å². The summed E-state index contributed by atoms with van der Waals surface area (Å²) >= 11 is 1.46. The third kappa shape index (κ3) is 4.03. The number of aromatic nitrogens is 1. The molecule has 21 heavy (non-hydrogen) atoms. The largest absolute Gasteiger partial charge is 0.508 e. The minimum absolute atomic E-state index is 0.196. The molecule has 2 aromatic rings. The lowest BCUT2D eigenvalue weighted by Gasteiger charge is -2.10. The number of amides is 1. The maximum absolute atomic E-state index is 12.1. The highest BCUT2D eigenvalue weighted by Crippen LogP contribution is 2.22. The zero-order valence-corrected chi connectivity index (χ0v) is 12.9. The molecule has 0 fully saturated rings. The summed E-state index contributed by atoms with van der Waals surface area (Å²) < 4.78 is 0. The summed E-state index contributed by atoms with van der Waals surface area (Å²) in [4.78, 5) is 17.6. The summed E-state index contributed by atoms with van der Waals surface area (Å²) in [6, 6.07) is 6.02. The number of benzene rings is 1. The summed E-state index contributed by atoms with van der Waals surface area (Å²) in [5.41, 5.74) is 7.82. The van der Waals surface area contributed by atoms with Gasteiger partial charge in [0.25, 0.3) is 0 Å². The van der Waals surface area contributed by atoms with Gasteiger partial charge in [0.2, 0.25) is 5.91 Å². The van der Waals surface area contributed by atoms with Crippen molar-refractivity contribution in [3.63, 3.8) is 0 Å². The Morgan fingerprint density at radius 1 is 1.43 bits per heavy atom. The third-order valence-electron chi connectivity index (χ3n) is 3.19. The van der Waals surface area contributed by atoms with Gasteiger partial charge in [-0.25, -0.2) is 4.98 Å². The fourth-order valence-electron chi connectivity index (χ4n) is 1.99. The smallest absolute Gasteiger partial charge is 0.243 e. The Morgan fingerprint density at radius 2 is 2.10 bits per heavy atom. The van der Waals surface area contributed by atoms with Crippen molar-refractivity contribution in [1.82, 2.24) is 4.98 Å². The third-order valence-corrected chi connectivity index (χ3v) is 4.11. The van der Waals surface area contributed by atoms with Crippen molar-refractivity contribution in [1.29, 1.82) is 0 Å². The number of nitrogens with one attached hydrogen (secondary N) is 1. The van der Waals surface area contributed by atoms with E-state index in [-0.39, 0.29) is 11.7 Å². The highest BCUT2D eigenvalue weighted by atomic mass is 32.1. The van der Waals surface area contributed by atoms with Crippen LogP contribution in [0.15, 0.2) is 24.3 Å². The molecule has 0 bridgehead atoms. The van der Waals surface area contributed by atoms with E-state index in [0.29, 0.717) is 11.6 Å². The Morgan fingerprint density at radius 3 is 2.67 bits per heavy atom. The molecular weight excluding hydrogens is 286 g/mol. The number of phenolic OH excluding ortho intramolecular Hbond substituents is 1. The number of carbonyl (C=O) groups is 1. The van der Waals surface area contributed by atoms with Crippen LogP contribution in [-0.2, 0) is 17.6 Å². The van der Waals surface area contributed by atoms with Crippen molar-refractivity contribution in [2.24, 2.45) is 5.73 Å². The second kappa shape index (κ2) is 6.69. The van der Waals surface area contributed by atoms with E-state index >= 15 is 0 Å². The Kier molecular flexibility index (Phi) is 4.93. The molecule has 0 aliphatic rings. The van der Waals surface area contributed by atoms with Crippen LogP contribution >= 0.6 is 11.3 Å². The van der Waals surface area contributed by atoms with Crippen molar-refractivity contribution in [2.75, 3.05) is 5.32 Å². The molecule has 4 N–H and O–H groups in total. The molecule has 1 aromatic heterocycles. The molecular formula is C15H19N3O2S. The van der Waals surface area contributed by atoms with Crippen molar-refractivity contribution >= 4 is 22.4 Å². The summed E-state index contributed by atoms with van der Waals surface area (Å²) in [5.74, 6) is -0.0541. The minimum Gasteiger partial charge on any atom is -0.508 e. The molecule has 0 aliphatic heterocycles. The molecule has 1 unspecified atom stereocenters. The van der Waals surface area contributed by atoms with Gasteiger partial charge in [0.1, 0.15) is 5.75 Å². The van der Waals surface area contributed by atoms with E-state index in [2.05, 4.69) is 10.3 Å². The van der Waals surface area contributed by atoms with E-state index in [4.69, 9.17) is 5.73 Å². The second-order valence-electron chi connectivity index (χ2n) is 4.84. The van der Waals surface area contributed by atoms with Crippen LogP contribution in [0.2, 0.25) is 0 Å². The molecule has 1 atom stereocenters. The van der Waals surface area contributed by atoms with Crippen LogP contribution in [-0.4, -0.2) is 22.0 Å². The molecule has 1 amide bonds. The normalized spacial score (nSPS) is 12.1. The molecule has 0 spiro atoms. The molecule has 1 heterocycles. The number of carbonyl (C=O) groups excluding carboxylic acids is 1. The molecule has 0 radical (unpaired) electrons. The topological polar surface area (TPSA) is 88.2 Å². The lowest BCUT2D eigenvalue weighted by Crippen LogP contribution is -2.37. The molecule has 2 rings (SSSR count). The zero-order valence-electron chi connectivity index (χ0n) is 12.1. The van der Waals surface area contributed by atoms with Gasteiger partial charge in [0.15, 0.2) is 5.13 Å². The Bertz CT molecular complexity index is 622. The van der Waals surface area contributed by atoms with Crippen LogP contribution in [0.3, 0.4) is 0 Å². The highest BCUT2D eigenvalue weighted by Gasteiger charge is 2.16. The van der Waals surface area contributed by atoms with Crippen molar-refractivity contribution in [2.45, 2.75) is 32.7 Å². The molecule has 5 nitrogen and oxygen atoms in total. The van der Waals surface area contributed by atoms with Gasteiger partial charge in [0.05, 0.1) is 11.7 Å². The predicted molar refractivity (Wildman–Crippen MR) is 84.6 cm³/mol. The number of nitrogens with zero attached hydrogens (tertiary/aromatic N) is 1.